The number of fused-ring (bicyclic) bond motifs is 5. The third-order valence-electron chi connectivity index (χ3n) is 9.55. The van der Waals surface area contributed by atoms with Gasteiger partial charge in [-0.1, -0.05) is 31.9 Å². The van der Waals surface area contributed by atoms with Gasteiger partial charge in [-0.3, -0.25) is 4.98 Å². The van der Waals surface area contributed by atoms with E-state index in [2.05, 4.69) is 43.0 Å². The molecule has 7 atom stereocenters. The Hall–Kier alpha value is -1.59. The smallest absolute Gasteiger partial charge is 0.125 e. The second kappa shape index (κ2) is 6.20. The first-order chi connectivity index (χ1) is 13.4. The van der Waals surface area contributed by atoms with E-state index in [4.69, 9.17) is 6.42 Å². The topological polar surface area (TPSA) is 33.1 Å². The third-order valence-corrected chi connectivity index (χ3v) is 9.55. The Labute approximate surface area is 169 Å². The van der Waals surface area contributed by atoms with Gasteiger partial charge in [0.2, 0.25) is 0 Å². The van der Waals surface area contributed by atoms with E-state index >= 15 is 0 Å². The van der Waals surface area contributed by atoms with Gasteiger partial charge in [-0.2, -0.15) is 0 Å². The number of hydrogen-bond acceptors (Lipinski definition) is 2. The zero-order valence-electron chi connectivity index (χ0n) is 17.3. The van der Waals surface area contributed by atoms with Crippen LogP contribution in [0.15, 0.2) is 30.6 Å². The Morgan fingerprint density at radius 2 is 2.00 bits per heavy atom. The molecule has 1 heterocycles. The predicted molar refractivity (Wildman–Crippen MR) is 113 cm³/mol. The van der Waals surface area contributed by atoms with Crippen molar-refractivity contribution in [2.24, 2.45) is 34.5 Å². The van der Waals surface area contributed by atoms with Crippen LogP contribution in [0.1, 0.15) is 70.8 Å². The molecule has 3 fully saturated rings. The molecule has 0 bridgehead atoms. The number of nitrogens with zero attached hydrogens (tertiary/aromatic N) is 1. The largest absolute Gasteiger partial charge is 0.378 e. The van der Waals surface area contributed by atoms with Crippen LogP contribution in [0.25, 0.3) is 5.57 Å². The monoisotopic (exact) mass is 375 g/mol. The van der Waals surface area contributed by atoms with Crippen molar-refractivity contribution in [1.82, 2.24) is 4.98 Å². The number of pyridine rings is 1. The van der Waals surface area contributed by atoms with Crippen LogP contribution in [0.3, 0.4) is 0 Å². The summed E-state index contributed by atoms with van der Waals surface area (Å²) in [5.41, 5.74) is 2.65. The fraction of sp³-hybridized carbons (Fsp3) is 0.654. The van der Waals surface area contributed by atoms with Crippen molar-refractivity contribution in [3.8, 4) is 12.3 Å². The molecule has 5 rings (SSSR count). The highest BCUT2D eigenvalue weighted by atomic mass is 16.3. The molecule has 2 heteroatoms. The standard InChI is InChI=1S/C26H33NO/c1-4-26(28)14-13-24(2)19(16-26)7-8-20-22-10-9-21(18-6-5-15-27-17-18)25(22,3)12-11-23(20)24/h1,5-6,9,15,17,19-20,22-23,28H,7-8,10-14,16H2,2-3H3/t19?,20-,22-,23-,24-,25+,26-/m0/s1. The second-order valence-corrected chi connectivity index (χ2v) is 10.6. The van der Waals surface area contributed by atoms with Gasteiger partial charge in [0.05, 0.1) is 0 Å². The summed E-state index contributed by atoms with van der Waals surface area (Å²) in [5.74, 6) is 5.64. The molecule has 4 aliphatic rings. The van der Waals surface area contributed by atoms with Gasteiger partial charge in [-0.15, -0.1) is 6.42 Å². The molecule has 3 saturated carbocycles. The molecule has 148 valence electrons. The minimum atomic E-state index is -0.859. The van der Waals surface area contributed by atoms with Gasteiger partial charge in [0.1, 0.15) is 5.60 Å². The van der Waals surface area contributed by atoms with Crippen LogP contribution in [0.5, 0.6) is 0 Å². The number of terminal acetylenes is 1. The van der Waals surface area contributed by atoms with Crippen LogP contribution in [0.2, 0.25) is 0 Å². The first-order valence-corrected chi connectivity index (χ1v) is 11.2. The van der Waals surface area contributed by atoms with E-state index in [1.54, 1.807) is 5.57 Å². The van der Waals surface area contributed by atoms with Gasteiger partial charge in [-0.25, -0.2) is 0 Å². The Balaban J connectivity index is 1.42. The van der Waals surface area contributed by atoms with Crippen molar-refractivity contribution in [1.29, 1.82) is 0 Å². The minimum absolute atomic E-state index is 0.293. The van der Waals surface area contributed by atoms with E-state index < -0.39 is 5.60 Å². The van der Waals surface area contributed by atoms with Crippen LogP contribution in [-0.2, 0) is 0 Å². The Morgan fingerprint density at radius 1 is 1.14 bits per heavy atom. The number of allylic oxidation sites excluding steroid dienone is 2. The molecule has 0 aliphatic heterocycles. The summed E-state index contributed by atoms with van der Waals surface area (Å²) in [5, 5.41) is 10.7. The molecule has 0 saturated heterocycles. The summed E-state index contributed by atoms with van der Waals surface area (Å²) >= 11 is 0. The minimum Gasteiger partial charge on any atom is -0.378 e. The lowest BCUT2D eigenvalue weighted by atomic mass is 9.44. The van der Waals surface area contributed by atoms with E-state index in [1.165, 1.54) is 37.7 Å². The zero-order chi connectivity index (χ0) is 19.6. The van der Waals surface area contributed by atoms with Crippen molar-refractivity contribution in [3.05, 3.63) is 36.2 Å². The Kier molecular flexibility index (Phi) is 4.08. The van der Waals surface area contributed by atoms with Crippen LogP contribution < -0.4 is 0 Å². The summed E-state index contributed by atoms with van der Waals surface area (Å²) in [7, 11) is 0. The molecule has 2 nitrogen and oxygen atoms in total. The summed E-state index contributed by atoms with van der Waals surface area (Å²) in [6.07, 6.45) is 21.2. The maximum Gasteiger partial charge on any atom is 0.125 e. The van der Waals surface area contributed by atoms with E-state index in [-0.39, 0.29) is 0 Å². The average molecular weight is 376 g/mol. The lowest BCUT2D eigenvalue weighted by Crippen LogP contribution is -2.55. The normalized spacial score (nSPS) is 47.3. The van der Waals surface area contributed by atoms with Crippen molar-refractivity contribution >= 4 is 5.57 Å². The summed E-state index contributed by atoms with van der Waals surface area (Å²) < 4.78 is 0. The SMILES string of the molecule is C#C[C@]1(O)CC[C@@]2(C)C(CC[C@@H]3[C@@H]2CC[C@]2(C)C(c4cccnc4)=CC[C@@H]32)C1. The van der Waals surface area contributed by atoms with Crippen molar-refractivity contribution in [2.75, 3.05) is 0 Å². The van der Waals surface area contributed by atoms with Gasteiger partial charge in [0.25, 0.3) is 0 Å². The van der Waals surface area contributed by atoms with Crippen molar-refractivity contribution in [3.63, 3.8) is 0 Å². The molecular formula is C26H33NO. The maximum absolute atomic E-state index is 10.7. The number of aromatic nitrogens is 1. The van der Waals surface area contributed by atoms with E-state index in [9.17, 15) is 5.11 Å². The quantitative estimate of drug-likeness (QED) is 0.659. The summed E-state index contributed by atoms with van der Waals surface area (Å²) in [4.78, 5) is 4.39. The first kappa shape index (κ1) is 18.4. The van der Waals surface area contributed by atoms with Crippen LogP contribution in [-0.4, -0.2) is 15.7 Å². The fourth-order valence-electron chi connectivity index (χ4n) is 7.91. The number of hydrogen-bond donors (Lipinski definition) is 1. The van der Waals surface area contributed by atoms with E-state index in [0.29, 0.717) is 16.7 Å². The highest BCUT2D eigenvalue weighted by Gasteiger charge is 2.59. The lowest BCUT2D eigenvalue weighted by Gasteiger charge is -2.61. The second-order valence-electron chi connectivity index (χ2n) is 10.6. The maximum atomic E-state index is 10.7. The summed E-state index contributed by atoms with van der Waals surface area (Å²) in [6.45, 7) is 5.05. The molecule has 0 radical (unpaired) electrons. The van der Waals surface area contributed by atoms with Crippen molar-refractivity contribution < 1.29 is 5.11 Å². The van der Waals surface area contributed by atoms with Gasteiger partial charge in [0, 0.05) is 12.4 Å². The van der Waals surface area contributed by atoms with Crippen molar-refractivity contribution in [2.45, 2.75) is 70.8 Å². The number of rotatable bonds is 1. The molecule has 1 aromatic heterocycles. The molecule has 0 aromatic carbocycles. The van der Waals surface area contributed by atoms with E-state index in [1.807, 2.05) is 12.4 Å². The lowest BCUT2D eigenvalue weighted by molar-refractivity contribution is -0.128. The highest BCUT2D eigenvalue weighted by molar-refractivity contribution is 5.72. The Bertz CT molecular complexity index is 838. The average Bonchev–Trinajstić information content (AvgIpc) is 3.06. The zero-order valence-corrected chi connectivity index (χ0v) is 17.3. The first-order valence-electron chi connectivity index (χ1n) is 11.2. The molecule has 4 aliphatic carbocycles. The van der Waals surface area contributed by atoms with Crippen LogP contribution in [0, 0.1) is 46.8 Å². The van der Waals surface area contributed by atoms with Crippen LogP contribution >= 0.6 is 0 Å². The molecule has 1 N–H and O–H groups in total. The molecule has 1 unspecified atom stereocenters. The van der Waals surface area contributed by atoms with Crippen LogP contribution in [0.4, 0.5) is 0 Å². The van der Waals surface area contributed by atoms with E-state index in [0.717, 1.165) is 37.0 Å². The van der Waals surface area contributed by atoms with Gasteiger partial charge in [0.15, 0.2) is 0 Å². The molecular weight excluding hydrogens is 342 g/mol. The molecule has 28 heavy (non-hydrogen) atoms. The molecule has 0 amide bonds. The third kappa shape index (κ3) is 2.48. The fourth-order valence-corrected chi connectivity index (χ4v) is 7.91. The highest BCUT2D eigenvalue weighted by Crippen LogP contribution is 2.67. The van der Waals surface area contributed by atoms with Gasteiger partial charge >= 0.3 is 0 Å². The predicted octanol–water partition coefficient (Wildman–Crippen LogP) is 5.48. The summed E-state index contributed by atoms with van der Waals surface area (Å²) in [6, 6.07) is 4.30. The van der Waals surface area contributed by atoms with Gasteiger partial charge in [-0.05, 0) is 103 Å². The van der Waals surface area contributed by atoms with Gasteiger partial charge < -0.3 is 5.11 Å². The molecule has 0 spiro atoms. The Morgan fingerprint density at radius 3 is 2.75 bits per heavy atom. The number of aliphatic hydroxyl groups is 1. The molecule has 1 aromatic rings.